The molecule has 0 saturated carbocycles. The van der Waals surface area contributed by atoms with Gasteiger partial charge in [0.25, 0.3) is 0 Å². The number of rotatable bonds is 6. The lowest BCUT2D eigenvalue weighted by Gasteiger charge is -2.14. The predicted molar refractivity (Wildman–Crippen MR) is 119 cm³/mol. The van der Waals surface area contributed by atoms with E-state index in [0.29, 0.717) is 27.4 Å². The molecule has 0 atom stereocenters. The molecule has 0 aliphatic rings. The minimum Gasteiger partial charge on any atom is -0.456 e. The number of para-hydroxylation sites is 2. The Hall–Kier alpha value is -3.38. The number of fused-ring (bicyclic) bond motifs is 2. The van der Waals surface area contributed by atoms with Crippen LogP contribution < -0.4 is 5.43 Å². The van der Waals surface area contributed by atoms with Crippen molar-refractivity contribution in [1.82, 2.24) is 4.57 Å². The maximum atomic E-state index is 12.8. The first-order valence-electron chi connectivity index (χ1n) is 9.41. The van der Waals surface area contributed by atoms with Gasteiger partial charge in [-0.3, -0.25) is 14.4 Å². The molecule has 3 aromatic carbocycles. The van der Waals surface area contributed by atoms with Gasteiger partial charge in [0.1, 0.15) is 6.54 Å². The minimum atomic E-state index is -0.539. The summed E-state index contributed by atoms with van der Waals surface area (Å²) in [6.45, 7) is -0.423. The third kappa shape index (κ3) is 3.86. The highest BCUT2D eigenvalue weighted by Crippen LogP contribution is 2.19. The highest BCUT2D eigenvalue weighted by molar-refractivity contribution is 7.98. The van der Waals surface area contributed by atoms with Gasteiger partial charge in [-0.1, -0.05) is 36.4 Å². The third-order valence-electron chi connectivity index (χ3n) is 4.94. The summed E-state index contributed by atoms with van der Waals surface area (Å²) >= 11 is 1.59. The zero-order valence-electron chi connectivity index (χ0n) is 16.3. The molecule has 0 fully saturated rings. The van der Waals surface area contributed by atoms with E-state index in [9.17, 15) is 14.4 Å². The standard InChI is InChI=1S/C24H19NO4S/c1-30-17-12-10-16(11-13-17)22(26)15-29-23(27)14-25-20-8-4-2-6-18(20)24(28)19-7-3-5-9-21(19)25/h2-13H,14-15H2,1H3. The van der Waals surface area contributed by atoms with E-state index in [1.807, 2.05) is 30.5 Å². The zero-order valence-corrected chi connectivity index (χ0v) is 17.1. The minimum absolute atomic E-state index is 0.0744. The van der Waals surface area contributed by atoms with Crippen LogP contribution in [-0.2, 0) is 16.1 Å². The summed E-state index contributed by atoms with van der Waals surface area (Å²) in [5.41, 5.74) is 1.73. The molecule has 1 heterocycles. The molecule has 0 saturated heterocycles. The zero-order chi connectivity index (χ0) is 21.1. The van der Waals surface area contributed by atoms with Gasteiger partial charge in [-0.15, -0.1) is 11.8 Å². The van der Waals surface area contributed by atoms with Gasteiger partial charge in [0.05, 0.1) is 11.0 Å². The first kappa shape index (κ1) is 19.9. The number of hydrogen-bond acceptors (Lipinski definition) is 5. The van der Waals surface area contributed by atoms with Crippen molar-refractivity contribution in [3.63, 3.8) is 0 Å². The van der Waals surface area contributed by atoms with Crippen molar-refractivity contribution < 1.29 is 14.3 Å². The largest absolute Gasteiger partial charge is 0.456 e. The second-order valence-corrected chi connectivity index (χ2v) is 7.64. The summed E-state index contributed by atoms with van der Waals surface area (Å²) in [7, 11) is 0. The van der Waals surface area contributed by atoms with Gasteiger partial charge in [-0.2, -0.15) is 0 Å². The number of benzene rings is 3. The topological polar surface area (TPSA) is 65.4 Å². The summed E-state index contributed by atoms with van der Waals surface area (Å²) in [4.78, 5) is 38.7. The molecule has 0 N–H and O–H groups in total. The molecule has 0 aliphatic heterocycles. The first-order valence-corrected chi connectivity index (χ1v) is 10.6. The van der Waals surface area contributed by atoms with Crippen LogP contribution in [0, 0.1) is 0 Å². The molecule has 0 bridgehead atoms. The number of nitrogens with zero attached hydrogens (tertiary/aromatic N) is 1. The normalized spacial score (nSPS) is 11.0. The lowest BCUT2D eigenvalue weighted by atomic mass is 10.1. The van der Waals surface area contributed by atoms with Gasteiger partial charge >= 0.3 is 5.97 Å². The fourth-order valence-corrected chi connectivity index (χ4v) is 3.84. The summed E-state index contributed by atoms with van der Waals surface area (Å²) < 4.78 is 7.01. The van der Waals surface area contributed by atoms with E-state index in [1.165, 1.54) is 0 Å². The van der Waals surface area contributed by atoms with E-state index in [-0.39, 0.29) is 24.4 Å². The summed E-state index contributed by atoms with van der Waals surface area (Å²) in [6.07, 6.45) is 1.96. The number of Topliss-reactive ketones (excluding diaryl/α,β-unsaturated/α-hetero) is 1. The average Bonchev–Trinajstić information content (AvgIpc) is 2.80. The highest BCUT2D eigenvalue weighted by Gasteiger charge is 2.15. The Kier molecular flexibility index (Phi) is 5.68. The molecule has 0 radical (unpaired) electrons. The van der Waals surface area contributed by atoms with E-state index >= 15 is 0 Å². The van der Waals surface area contributed by atoms with Crippen LogP contribution in [0.2, 0.25) is 0 Å². The Morgan fingerprint density at radius 2 is 1.43 bits per heavy atom. The summed E-state index contributed by atoms with van der Waals surface area (Å²) in [6, 6.07) is 21.5. The second-order valence-electron chi connectivity index (χ2n) is 6.76. The number of carbonyl (C=O) groups excluding carboxylic acids is 2. The molecular formula is C24H19NO4S. The molecule has 1 aromatic heterocycles. The fraction of sp³-hybridized carbons (Fsp3) is 0.125. The maximum absolute atomic E-state index is 12.8. The molecule has 5 nitrogen and oxygen atoms in total. The Bertz CT molecular complexity index is 1250. The van der Waals surface area contributed by atoms with Crippen molar-refractivity contribution in [3.05, 3.63) is 88.6 Å². The number of ketones is 1. The number of ether oxygens (including phenoxy) is 1. The Labute approximate surface area is 177 Å². The second kappa shape index (κ2) is 8.55. The number of carbonyl (C=O) groups is 2. The lowest BCUT2D eigenvalue weighted by molar-refractivity contribution is -0.143. The number of hydrogen-bond donors (Lipinski definition) is 0. The molecule has 4 rings (SSSR count). The van der Waals surface area contributed by atoms with Crippen LogP contribution in [0.1, 0.15) is 10.4 Å². The maximum Gasteiger partial charge on any atom is 0.326 e. The van der Waals surface area contributed by atoms with Crippen molar-refractivity contribution in [3.8, 4) is 0 Å². The predicted octanol–water partition coefficient (Wildman–Crippen LogP) is 4.30. The summed E-state index contributed by atoms with van der Waals surface area (Å²) in [5, 5.41) is 1.07. The van der Waals surface area contributed by atoms with Gasteiger partial charge in [0.2, 0.25) is 0 Å². The first-order chi connectivity index (χ1) is 14.6. The number of esters is 1. The Morgan fingerprint density at radius 3 is 2.00 bits per heavy atom. The summed E-state index contributed by atoms with van der Waals surface area (Å²) in [5.74, 6) is -0.798. The van der Waals surface area contributed by atoms with E-state index < -0.39 is 5.97 Å². The van der Waals surface area contributed by atoms with Crippen LogP contribution >= 0.6 is 11.8 Å². The number of thioether (sulfide) groups is 1. The van der Waals surface area contributed by atoms with Crippen molar-refractivity contribution in [2.45, 2.75) is 11.4 Å². The van der Waals surface area contributed by atoms with E-state index in [0.717, 1.165) is 4.90 Å². The molecule has 30 heavy (non-hydrogen) atoms. The van der Waals surface area contributed by atoms with Crippen LogP contribution in [0.4, 0.5) is 0 Å². The molecular weight excluding hydrogens is 398 g/mol. The number of pyridine rings is 1. The highest BCUT2D eigenvalue weighted by atomic mass is 32.2. The smallest absolute Gasteiger partial charge is 0.326 e. The molecule has 6 heteroatoms. The van der Waals surface area contributed by atoms with Gasteiger partial charge in [0.15, 0.2) is 17.8 Å². The monoisotopic (exact) mass is 417 g/mol. The van der Waals surface area contributed by atoms with Gasteiger partial charge in [-0.25, -0.2) is 0 Å². The van der Waals surface area contributed by atoms with Crippen LogP contribution in [0.3, 0.4) is 0 Å². The fourth-order valence-electron chi connectivity index (χ4n) is 3.43. The van der Waals surface area contributed by atoms with E-state index in [1.54, 1.807) is 64.9 Å². The SMILES string of the molecule is CSc1ccc(C(=O)COC(=O)Cn2c3ccccc3c(=O)c3ccccc32)cc1. The molecule has 0 unspecified atom stereocenters. The van der Waals surface area contributed by atoms with Gasteiger partial charge in [-0.05, 0) is 42.7 Å². The van der Waals surface area contributed by atoms with Crippen LogP contribution in [-0.4, -0.2) is 29.2 Å². The van der Waals surface area contributed by atoms with Gasteiger partial charge < -0.3 is 9.30 Å². The number of aromatic nitrogens is 1. The van der Waals surface area contributed by atoms with Crippen LogP contribution in [0.5, 0.6) is 0 Å². The van der Waals surface area contributed by atoms with E-state index in [4.69, 9.17) is 4.74 Å². The Morgan fingerprint density at radius 1 is 0.867 bits per heavy atom. The quantitative estimate of drug-likeness (QED) is 0.203. The van der Waals surface area contributed by atoms with Crippen molar-refractivity contribution in [2.75, 3.05) is 12.9 Å². The van der Waals surface area contributed by atoms with E-state index in [2.05, 4.69) is 0 Å². The van der Waals surface area contributed by atoms with Crippen molar-refractivity contribution in [1.29, 1.82) is 0 Å². The lowest BCUT2D eigenvalue weighted by Crippen LogP contribution is -2.20. The molecule has 150 valence electrons. The average molecular weight is 417 g/mol. The van der Waals surface area contributed by atoms with Crippen molar-refractivity contribution >= 4 is 45.3 Å². The van der Waals surface area contributed by atoms with Crippen LogP contribution in [0.25, 0.3) is 21.8 Å². The van der Waals surface area contributed by atoms with Crippen molar-refractivity contribution in [2.24, 2.45) is 0 Å². The van der Waals surface area contributed by atoms with Gasteiger partial charge in [0, 0.05) is 21.2 Å². The molecule has 4 aromatic rings. The Balaban J connectivity index is 1.57. The molecule has 0 aliphatic carbocycles. The molecule has 0 spiro atoms. The third-order valence-corrected chi connectivity index (χ3v) is 5.69. The molecule has 0 amide bonds. The van der Waals surface area contributed by atoms with Crippen LogP contribution in [0.15, 0.2) is 82.5 Å².